The Balaban J connectivity index is 0.00000450. The zero-order chi connectivity index (χ0) is 21.3. The fourth-order valence-electron chi connectivity index (χ4n) is 2.20. The van der Waals surface area contributed by atoms with Gasteiger partial charge < -0.3 is 0 Å². The Morgan fingerprint density at radius 1 is 0.645 bits per heavy atom. The van der Waals surface area contributed by atoms with E-state index in [4.69, 9.17) is 9.47 Å². The fraction of sp³-hybridized carbons (Fsp3) is 0.333. The molecule has 0 saturated carbocycles. The van der Waals surface area contributed by atoms with E-state index in [0.717, 1.165) is 0 Å². The molecule has 2 aromatic rings. The van der Waals surface area contributed by atoms with E-state index in [1.807, 2.05) is 48.5 Å². The minimum absolute atomic E-state index is 0. The zero-order valence-electron chi connectivity index (χ0n) is 17.4. The summed E-state index contributed by atoms with van der Waals surface area (Å²) in [5, 5.41) is 0. The van der Waals surface area contributed by atoms with Crippen molar-refractivity contribution in [2.45, 2.75) is 12.8 Å². The number of hydrogen-bond donors (Lipinski definition) is 0. The molecule has 13 heteroatoms. The molecule has 31 heavy (non-hydrogen) atoms. The maximum absolute atomic E-state index is 10.5. The van der Waals surface area contributed by atoms with Crippen LogP contribution < -0.4 is 119 Å². The van der Waals surface area contributed by atoms with Crippen LogP contribution in [-0.4, -0.2) is 71.6 Å². The predicted octanol–water partition coefficient (Wildman–Crippen LogP) is -6.02. The van der Waals surface area contributed by atoms with Crippen LogP contribution in [-0.2, 0) is 20.2 Å². The molecule has 0 atom stereocenters. The molecule has 0 unspecified atom stereocenters. The van der Waals surface area contributed by atoms with Gasteiger partial charge in [-0.3, -0.25) is 0 Å². The van der Waals surface area contributed by atoms with Crippen LogP contribution in [0.1, 0.15) is 12.8 Å². The molecule has 0 aliphatic heterocycles. The molecule has 0 aliphatic rings. The van der Waals surface area contributed by atoms with Crippen LogP contribution in [0.4, 0.5) is 0 Å². The Kier molecular flexibility index (Phi) is 17.6. The van der Waals surface area contributed by atoms with Crippen molar-refractivity contribution in [3.8, 4) is 11.5 Å². The molecule has 0 N–H and O–H groups in total. The van der Waals surface area contributed by atoms with Crippen molar-refractivity contribution in [3.63, 3.8) is 0 Å². The second-order valence-corrected chi connectivity index (χ2v) is 12.3. The minimum Gasteiger partial charge on any atom is 1.00 e. The van der Waals surface area contributed by atoms with Crippen molar-refractivity contribution in [2.75, 3.05) is 24.7 Å². The summed E-state index contributed by atoms with van der Waals surface area (Å²) < 4.78 is 76.4. The average Bonchev–Trinajstić information content (AvgIpc) is 2.63. The van der Waals surface area contributed by atoms with Crippen LogP contribution in [0.15, 0.2) is 48.5 Å². The minimum atomic E-state index is -4.21. The zero-order valence-corrected chi connectivity index (χ0v) is 27.6. The van der Waals surface area contributed by atoms with Crippen molar-refractivity contribution < 1.29 is 138 Å². The van der Waals surface area contributed by atoms with Gasteiger partial charge in [0.05, 0.1) is 0 Å². The first kappa shape index (κ1) is 32.9. The first-order valence-electron chi connectivity index (χ1n) is 8.61. The standard InChI is InChI=1S/C18H22O8S2Te.2K/c19-27(20,21)13-1-11-25-15-3-7-17(8-4-15)29-18-9-5-16(6-10-18)26-12-2-14-28(22,23)24;;/h3-10H,1-2,11-14H2,(H,19,20,21)(H,22,23,24);;/q;2*+1/p-2. The SMILES string of the molecule is O=S(=O)([O-])CCCOc1ccc([Te]c2ccc(OCCCS(=O)(=O)[O-])cc2)cc1.[K+].[K+]. The Hall–Kier alpha value is 1.92. The molecule has 0 aliphatic carbocycles. The summed E-state index contributed by atoms with van der Waals surface area (Å²) in [5.74, 6) is 0.367. The Bertz CT molecular complexity index is 901. The first-order valence-corrected chi connectivity index (χ1v) is 14.1. The van der Waals surface area contributed by atoms with E-state index < -0.39 is 52.7 Å². The van der Waals surface area contributed by atoms with Crippen LogP contribution >= 0.6 is 0 Å². The fourth-order valence-corrected chi connectivity index (χ4v) is 5.47. The third-order valence-electron chi connectivity index (χ3n) is 3.50. The van der Waals surface area contributed by atoms with Crippen molar-refractivity contribution >= 4 is 48.4 Å². The van der Waals surface area contributed by atoms with E-state index >= 15 is 0 Å². The molecule has 0 heterocycles. The second-order valence-electron chi connectivity index (χ2n) is 5.97. The monoisotopic (exact) mass is 636 g/mol. The smallest absolute Gasteiger partial charge is 1.00 e. The largest absolute Gasteiger partial charge is 1.00 e. The van der Waals surface area contributed by atoms with E-state index in [2.05, 4.69) is 0 Å². The topological polar surface area (TPSA) is 133 Å². The van der Waals surface area contributed by atoms with Gasteiger partial charge in [-0.1, -0.05) is 0 Å². The predicted molar refractivity (Wildman–Crippen MR) is 107 cm³/mol. The van der Waals surface area contributed by atoms with Gasteiger partial charge in [0.1, 0.15) is 0 Å². The van der Waals surface area contributed by atoms with E-state index in [1.165, 1.54) is 7.22 Å². The van der Waals surface area contributed by atoms with Crippen LogP contribution in [0.3, 0.4) is 0 Å². The molecule has 0 radical (unpaired) electrons. The molecule has 0 bridgehead atoms. The van der Waals surface area contributed by atoms with Gasteiger partial charge in [0.25, 0.3) is 0 Å². The Labute approximate surface area is 278 Å². The summed E-state index contributed by atoms with van der Waals surface area (Å²) in [4.78, 5) is 0. The number of ether oxygens (including phenoxy) is 2. The Morgan fingerprint density at radius 2 is 0.968 bits per heavy atom. The first-order chi connectivity index (χ1) is 13.6. The van der Waals surface area contributed by atoms with Crippen molar-refractivity contribution in [1.82, 2.24) is 0 Å². The van der Waals surface area contributed by atoms with Gasteiger partial charge in [0.15, 0.2) is 0 Å². The van der Waals surface area contributed by atoms with Crippen LogP contribution in [0.2, 0.25) is 0 Å². The van der Waals surface area contributed by atoms with E-state index in [0.29, 0.717) is 11.5 Å². The number of rotatable bonds is 12. The van der Waals surface area contributed by atoms with Crippen molar-refractivity contribution in [2.24, 2.45) is 0 Å². The van der Waals surface area contributed by atoms with Crippen molar-refractivity contribution in [3.05, 3.63) is 48.5 Å². The van der Waals surface area contributed by atoms with E-state index in [-0.39, 0.29) is 129 Å². The molecule has 0 saturated heterocycles. The maximum Gasteiger partial charge on any atom is 1.00 e. The number of hydrogen-bond acceptors (Lipinski definition) is 8. The molecule has 0 fully saturated rings. The van der Waals surface area contributed by atoms with Crippen LogP contribution in [0, 0.1) is 0 Å². The van der Waals surface area contributed by atoms with Crippen LogP contribution in [0.5, 0.6) is 11.5 Å². The average molecular weight is 634 g/mol. The van der Waals surface area contributed by atoms with Crippen LogP contribution in [0.25, 0.3) is 0 Å². The van der Waals surface area contributed by atoms with Gasteiger partial charge in [-0.2, -0.15) is 0 Å². The molecule has 160 valence electrons. The molecule has 2 rings (SSSR count). The molecule has 0 amide bonds. The molecular weight excluding hydrogens is 614 g/mol. The summed E-state index contributed by atoms with van der Waals surface area (Å²) in [6.45, 7) is 0.333. The van der Waals surface area contributed by atoms with Gasteiger partial charge in [-0.05, 0) is 0 Å². The molecule has 0 spiro atoms. The summed E-state index contributed by atoms with van der Waals surface area (Å²) in [6.07, 6.45) is 0.311. The van der Waals surface area contributed by atoms with E-state index in [1.54, 1.807) is 0 Å². The number of benzene rings is 2. The summed E-state index contributed by atoms with van der Waals surface area (Å²) >= 11 is -0.614. The van der Waals surface area contributed by atoms with Gasteiger partial charge >= 0.3 is 284 Å². The maximum atomic E-state index is 10.5. The van der Waals surface area contributed by atoms with Gasteiger partial charge in [-0.25, -0.2) is 0 Å². The normalized spacial score (nSPS) is 11.2. The van der Waals surface area contributed by atoms with E-state index in [9.17, 15) is 25.9 Å². The van der Waals surface area contributed by atoms with Crippen molar-refractivity contribution in [1.29, 1.82) is 0 Å². The molecule has 8 nitrogen and oxygen atoms in total. The molecule has 0 aromatic heterocycles. The summed E-state index contributed by atoms with van der Waals surface area (Å²) in [7, 11) is -8.41. The molecular formula is C18H20K2O8S2Te. The summed E-state index contributed by atoms with van der Waals surface area (Å²) in [5.41, 5.74) is 0. The van der Waals surface area contributed by atoms with Gasteiger partial charge in [0, 0.05) is 0 Å². The third kappa shape index (κ3) is 16.3. The van der Waals surface area contributed by atoms with Gasteiger partial charge in [0.2, 0.25) is 0 Å². The molecule has 2 aromatic carbocycles. The third-order valence-corrected chi connectivity index (χ3v) is 7.97. The summed E-state index contributed by atoms with van der Waals surface area (Å²) in [6, 6.07) is 15.1. The van der Waals surface area contributed by atoms with Gasteiger partial charge in [-0.15, -0.1) is 0 Å². The quantitative estimate of drug-likeness (QED) is 0.128. The Morgan fingerprint density at radius 3 is 1.26 bits per heavy atom. The second kappa shape index (κ2) is 16.6.